The fraction of sp³-hybridized carbons (Fsp3) is 1.00. The van der Waals surface area contributed by atoms with Crippen LogP contribution in [0.2, 0.25) is 0 Å². The molecule has 2 rings (SSSR count). The molecule has 0 aromatic carbocycles. The molecular formula is C15H30N2O. The van der Waals surface area contributed by atoms with E-state index in [9.17, 15) is 0 Å². The Morgan fingerprint density at radius 2 is 2.00 bits per heavy atom. The minimum absolute atomic E-state index is 0.0154. The Morgan fingerprint density at radius 3 is 2.67 bits per heavy atom. The van der Waals surface area contributed by atoms with Crippen LogP contribution in [0.1, 0.15) is 46.5 Å². The van der Waals surface area contributed by atoms with Crippen LogP contribution >= 0.6 is 0 Å². The number of morpholine rings is 1. The molecule has 0 aromatic rings. The molecule has 0 spiro atoms. The van der Waals surface area contributed by atoms with Crippen LogP contribution in [0.3, 0.4) is 0 Å². The van der Waals surface area contributed by atoms with E-state index in [1.54, 1.807) is 0 Å². The predicted octanol–water partition coefficient (Wildman–Crippen LogP) is 2.26. The van der Waals surface area contributed by atoms with Gasteiger partial charge < -0.3 is 10.1 Å². The topological polar surface area (TPSA) is 24.5 Å². The Bertz CT molecular complexity index is 267. The fourth-order valence-electron chi connectivity index (χ4n) is 3.86. The fourth-order valence-corrected chi connectivity index (χ4v) is 3.86. The molecule has 0 bridgehead atoms. The highest BCUT2D eigenvalue weighted by Crippen LogP contribution is 2.28. The number of ether oxygens (including phenoxy) is 1. The molecule has 3 atom stereocenters. The average Bonchev–Trinajstić information content (AvgIpc) is 2.27. The Labute approximate surface area is 112 Å². The summed E-state index contributed by atoms with van der Waals surface area (Å²) in [5.41, 5.74) is 0.0154. The average molecular weight is 254 g/mol. The largest absolute Gasteiger partial charge is 0.370 e. The van der Waals surface area contributed by atoms with Crippen molar-refractivity contribution in [2.24, 2.45) is 5.92 Å². The first kappa shape index (κ1) is 14.3. The second-order valence-electron chi connectivity index (χ2n) is 6.82. The van der Waals surface area contributed by atoms with Crippen molar-refractivity contribution in [3.8, 4) is 0 Å². The molecule has 1 N–H and O–H groups in total. The van der Waals surface area contributed by atoms with E-state index in [0.29, 0.717) is 6.10 Å². The molecule has 3 heteroatoms. The minimum atomic E-state index is 0.0154. The molecule has 1 saturated carbocycles. The van der Waals surface area contributed by atoms with Crippen molar-refractivity contribution in [2.75, 3.05) is 26.7 Å². The Morgan fingerprint density at radius 1 is 1.28 bits per heavy atom. The highest BCUT2D eigenvalue weighted by atomic mass is 16.5. The van der Waals surface area contributed by atoms with Gasteiger partial charge in [-0.3, -0.25) is 4.90 Å². The summed E-state index contributed by atoms with van der Waals surface area (Å²) in [6, 6.07) is 0.722. The number of hydrogen-bond donors (Lipinski definition) is 1. The van der Waals surface area contributed by atoms with Crippen molar-refractivity contribution < 1.29 is 4.74 Å². The SMILES string of the molecule is CNC1CCCCC1CN1CC(C)OC(C)(C)C1. The van der Waals surface area contributed by atoms with Gasteiger partial charge in [0, 0.05) is 25.7 Å². The summed E-state index contributed by atoms with van der Waals surface area (Å²) in [5.74, 6) is 0.824. The smallest absolute Gasteiger partial charge is 0.0757 e. The van der Waals surface area contributed by atoms with E-state index >= 15 is 0 Å². The Kier molecular flexibility index (Phi) is 4.68. The van der Waals surface area contributed by atoms with Gasteiger partial charge in [0.25, 0.3) is 0 Å². The molecule has 3 unspecified atom stereocenters. The van der Waals surface area contributed by atoms with Gasteiger partial charge in [0.2, 0.25) is 0 Å². The third kappa shape index (κ3) is 3.69. The lowest BCUT2D eigenvalue weighted by Gasteiger charge is -2.44. The molecule has 2 aliphatic rings. The molecule has 1 saturated heterocycles. The van der Waals surface area contributed by atoms with Crippen LogP contribution < -0.4 is 5.32 Å². The van der Waals surface area contributed by atoms with Crippen molar-refractivity contribution in [1.29, 1.82) is 0 Å². The van der Waals surface area contributed by atoms with Crippen molar-refractivity contribution in [3.63, 3.8) is 0 Å². The van der Waals surface area contributed by atoms with Crippen molar-refractivity contribution in [3.05, 3.63) is 0 Å². The van der Waals surface area contributed by atoms with Gasteiger partial charge in [0.1, 0.15) is 0 Å². The molecule has 2 fully saturated rings. The summed E-state index contributed by atoms with van der Waals surface area (Å²) in [7, 11) is 2.12. The van der Waals surface area contributed by atoms with Gasteiger partial charge in [-0.25, -0.2) is 0 Å². The lowest BCUT2D eigenvalue weighted by Crippen LogP contribution is -2.54. The summed E-state index contributed by atoms with van der Waals surface area (Å²) >= 11 is 0. The minimum Gasteiger partial charge on any atom is -0.370 e. The molecule has 106 valence electrons. The quantitative estimate of drug-likeness (QED) is 0.836. The third-order valence-electron chi connectivity index (χ3n) is 4.41. The Balaban J connectivity index is 1.91. The highest BCUT2D eigenvalue weighted by Gasteiger charge is 2.34. The van der Waals surface area contributed by atoms with Gasteiger partial charge in [-0.15, -0.1) is 0 Å². The van der Waals surface area contributed by atoms with Crippen LogP contribution in [0, 0.1) is 5.92 Å². The second-order valence-corrected chi connectivity index (χ2v) is 6.82. The van der Waals surface area contributed by atoms with Crippen LogP contribution in [-0.2, 0) is 4.74 Å². The van der Waals surface area contributed by atoms with Gasteiger partial charge in [-0.05, 0) is 46.6 Å². The van der Waals surface area contributed by atoms with Crippen LogP contribution in [0.15, 0.2) is 0 Å². The van der Waals surface area contributed by atoms with Crippen LogP contribution in [0.5, 0.6) is 0 Å². The van der Waals surface area contributed by atoms with E-state index in [2.05, 4.69) is 38.0 Å². The van der Waals surface area contributed by atoms with E-state index in [1.165, 1.54) is 32.2 Å². The zero-order chi connectivity index (χ0) is 13.2. The van der Waals surface area contributed by atoms with Crippen LogP contribution in [0.25, 0.3) is 0 Å². The van der Waals surface area contributed by atoms with E-state index in [4.69, 9.17) is 4.74 Å². The molecule has 0 aromatic heterocycles. The zero-order valence-electron chi connectivity index (χ0n) is 12.5. The molecule has 3 nitrogen and oxygen atoms in total. The maximum atomic E-state index is 5.99. The Hall–Kier alpha value is -0.120. The van der Waals surface area contributed by atoms with Gasteiger partial charge in [0.05, 0.1) is 11.7 Å². The summed E-state index contributed by atoms with van der Waals surface area (Å²) in [6.07, 6.45) is 5.91. The highest BCUT2D eigenvalue weighted by molar-refractivity contribution is 4.87. The zero-order valence-corrected chi connectivity index (χ0v) is 12.5. The normalized spacial score (nSPS) is 37.7. The van der Waals surface area contributed by atoms with Gasteiger partial charge in [-0.1, -0.05) is 12.8 Å². The van der Waals surface area contributed by atoms with Crippen molar-refractivity contribution >= 4 is 0 Å². The number of rotatable bonds is 3. The summed E-state index contributed by atoms with van der Waals surface area (Å²) in [4.78, 5) is 2.62. The molecule has 1 heterocycles. The summed E-state index contributed by atoms with van der Waals surface area (Å²) in [6.45, 7) is 10.0. The molecule has 0 amide bonds. The third-order valence-corrected chi connectivity index (χ3v) is 4.41. The number of nitrogens with one attached hydrogen (secondary N) is 1. The second kappa shape index (κ2) is 5.89. The first-order valence-corrected chi connectivity index (χ1v) is 7.57. The predicted molar refractivity (Wildman–Crippen MR) is 75.9 cm³/mol. The van der Waals surface area contributed by atoms with E-state index in [-0.39, 0.29) is 5.60 Å². The van der Waals surface area contributed by atoms with Crippen LogP contribution in [0.4, 0.5) is 0 Å². The molecule has 0 radical (unpaired) electrons. The molecule has 1 aliphatic carbocycles. The lowest BCUT2D eigenvalue weighted by molar-refractivity contribution is -0.132. The molecular weight excluding hydrogens is 224 g/mol. The van der Waals surface area contributed by atoms with Gasteiger partial charge >= 0.3 is 0 Å². The van der Waals surface area contributed by atoms with Crippen molar-refractivity contribution in [2.45, 2.75) is 64.2 Å². The number of nitrogens with zero attached hydrogens (tertiary/aromatic N) is 1. The van der Waals surface area contributed by atoms with Crippen molar-refractivity contribution in [1.82, 2.24) is 10.2 Å². The maximum absolute atomic E-state index is 5.99. The van der Waals surface area contributed by atoms with E-state index in [0.717, 1.165) is 25.0 Å². The van der Waals surface area contributed by atoms with Gasteiger partial charge in [-0.2, -0.15) is 0 Å². The summed E-state index contributed by atoms with van der Waals surface area (Å²) in [5, 5.41) is 3.52. The van der Waals surface area contributed by atoms with E-state index < -0.39 is 0 Å². The van der Waals surface area contributed by atoms with Crippen LogP contribution in [-0.4, -0.2) is 49.3 Å². The van der Waals surface area contributed by atoms with E-state index in [1.807, 2.05) is 0 Å². The first-order chi connectivity index (χ1) is 8.50. The standard InChI is InChI=1S/C15H30N2O/c1-12-9-17(11-15(2,3)18-12)10-13-7-5-6-8-14(13)16-4/h12-14,16H,5-11H2,1-4H3. The monoisotopic (exact) mass is 254 g/mol. The maximum Gasteiger partial charge on any atom is 0.0757 e. The summed E-state index contributed by atoms with van der Waals surface area (Å²) < 4.78 is 5.99. The van der Waals surface area contributed by atoms with Gasteiger partial charge in [0.15, 0.2) is 0 Å². The lowest BCUT2D eigenvalue weighted by atomic mass is 9.84. The molecule has 1 aliphatic heterocycles. The number of hydrogen-bond acceptors (Lipinski definition) is 3. The molecule has 18 heavy (non-hydrogen) atoms. The first-order valence-electron chi connectivity index (χ1n) is 7.57.